The van der Waals surface area contributed by atoms with Crippen LogP contribution in [0, 0.1) is 0 Å². The van der Waals surface area contributed by atoms with Gasteiger partial charge in [-0.3, -0.25) is 0 Å². The SMILES string of the molecule is BrCc1c2ccccc2cc2ccccc12.BrCc1ccc2cc3ccccc3cc2c1. The highest BCUT2D eigenvalue weighted by atomic mass is 79.9. The van der Waals surface area contributed by atoms with Crippen LogP contribution in [0.3, 0.4) is 0 Å². The summed E-state index contributed by atoms with van der Waals surface area (Å²) in [6, 6.07) is 39.0. The zero-order chi connectivity index (χ0) is 21.9. The van der Waals surface area contributed by atoms with Gasteiger partial charge in [-0.1, -0.05) is 123 Å². The molecule has 0 aromatic heterocycles. The predicted molar refractivity (Wildman–Crippen MR) is 148 cm³/mol. The van der Waals surface area contributed by atoms with Gasteiger partial charge < -0.3 is 0 Å². The summed E-state index contributed by atoms with van der Waals surface area (Å²) in [4.78, 5) is 0. The van der Waals surface area contributed by atoms with E-state index >= 15 is 0 Å². The normalized spacial score (nSPS) is 11.1. The van der Waals surface area contributed by atoms with Gasteiger partial charge in [0.1, 0.15) is 0 Å². The molecule has 0 aliphatic carbocycles. The van der Waals surface area contributed by atoms with E-state index in [9.17, 15) is 0 Å². The number of halogens is 2. The van der Waals surface area contributed by atoms with Gasteiger partial charge in [0.05, 0.1) is 0 Å². The summed E-state index contributed by atoms with van der Waals surface area (Å²) in [5, 5.41) is 12.4. The minimum absolute atomic E-state index is 0.898. The molecule has 0 aliphatic rings. The van der Waals surface area contributed by atoms with Crippen molar-refractivity contribution in [3.63, 3.8) is 0 Å². The Balaban J connectivity index is 0.000000135. The summed E-state index contributed by atoms with van der Waals surface area (Å²) in [5.74, 6) is 0. The van der Waals surface area contributed by atoms with Crippen molar-refractivity contribution in [2.45, 2.75) is 10.7 Å². The minimum Gasteiger partial charge on any atom is -0.0876 e. The van der Waals surface area contributed by atoms with Gasteiger partial charge in [-0.15, -0.1) is 0 Å². The Bertz CT molecular complexity index is 1490. The first-order chi connectivity index (χ1) is 15.8. The molecule has 0 saturated carbocycles. The van der Waals surface area contributed by atoms with E-state index in [0.717, 1.165) is 10.7 Å². The maximum atomic E-state index is 3.60. The lowest BCUT2D eigenvalue weighted by Gasteiger charge is -2.08. The minimum atomic E-state index is 0.898. The largest absolute Gasteiger partial charge is 0.0876 e. The zero-order valence-corrected chi connectivity index (χ0v) is 20.7. The van der Waals surface area contributed by atoms with Gasteiger partial charge in [0, 0.05) is 10.7 Å². The number of benzene rings is 6. The van der Waals surface area contributed by atoms with Gasteiger partial charge >= 0.3 is 0 Å². The smallest absolute Gasteiger partial charge is 0.0295 e. The van der Waals surface area contributed by atoms with E-state index in [-0.39, 0.29) is 0 Å². The van der Waals surface area contributed by atoms with E-state index in [1.807, 2.05) is 0 Å². The Kier molecular flexibility index (Phi) is 6.25. The molecule has 156 valence electrons. The van der Waals surface area contributed by atoms with E-state index in [1.165, 1.54) is 54.2 Å². The summed E-state index contributed by atoms with van der Waals surface area (Å²) in [6.07, 6.45) is 0. The molecule has 6 rings (SSSR count). The molecule has 0 saturated heterocycles. The molecule has 0 spiro atoms. The van der Waals surface area contributed by atoms with Gasteiger partial charge in [0.25, 0.3) is 0 Å². The topological polar surface area (TPSA) is 0 Å². The van der Waals surface area contributed by atoms with Crippen molar-refractivity contribution in [2.75, 3.05) is 0 Å². The van der Waals surface area contributed by atoms with Crippen LogP contribution >= 0.6 is 31.9 Å². The molecule has 0 aliphatic heterocycles. The van der Waals surface area contributed by atoms with Gasteiger partial charge in [-0.25, -0.2) is 0 Å². The van der Waals surface area contributed by atoms with Crippen molar-refractivity contribution in [3.8, 4) is 0 Å². The molecule has 0 N–H and O–H groups in total. The fraction of sp³-hybridized carbons (Fsp3) is 0.0667. The average molecular weight is 542 g/mol. The highest BCUT2D eigenvalue weighted by Crippen LogP contribution is 2.30. The van der Waals surface area contributed by atoms with E-state index in [1.54, 1.807) is 0 Å². The summed E-state index contributed by atoms with van der Waals surface area (Å²) < 4.78 is 0. The standard InChI is InChI=1S/2C15H11Br/c16-10-15-13-7-3-1-5-11(13)9-12-6-2-4-8-14(12)15;16-10-11-5-6-14-8-12-3-1-2-4-13(12)9-15(14)7-11/h2*1-9H,10H2. The lowest BCUT2D eigenvalue weighted by Crippen LogP contribution is -1.85. The Morgan fingerprint density at radius 2 is 0.875 bits per heavy atom. The highest BCUT2D eigenvalue weighted by molar-refractivity contribution is 9.08. The third-order valence-electron chi connectivity index (χ3n) is 5.94. The maximum absolute atomic E-state index is 3.60. The van der Waals surface area contributed by atoms with Crippen LogP contribution in [0.2, 0.25) is 0 Å². The van der Waals surface area contributed by atoms with Crippen LogP contribution in [0.1, 0.15) is 11.1 Å². The number of alkyl halides is 2. The number of fused-ring (bicyclic) bond motifs is 4. The molecule has 6 aromatic rings. The molecule has 0 radical (unpaired) electrons. The average Bonchev–Trinajstić information content (AvgIpc) is 2.86. The summed E-state index contributed by atoms with van der Waals surface area (Å²) >= 11 is 7.09. The Hall–Kier alpha value is -2.68. The molecule has 0 heterocycles. The van der Waals surface area contributed by atoms with Crippen molar-refractivity contribution < 1.29 is 0 Å². The second-order valence-electron chi connectivity index (χ2n) is 7.95. The predicted octanol–water partition coefficient (Wildman–Crippen LogP) is 9.78. The highest BCUT2D eigenvalue weighted by Gasteiger charge is 2.05. The van der Waals surface area contributed by atoms with E-state index in [0.29, 0.717) is 0 Å². The molecule has 0 bridgehead atoms. The van der Waals surface area contributed by atoms with Gasteiger partial charge in [0.2, 0.25) is 0 Å². The number of hydrogen-bond acceptors (Lipinski definition) is 0. The lowest BCUT2D eigenvalue weighted by atomic mass is 9.98. The van der Waals surface area contributed by atoms with Gasteiger partial charge in [-0.2, -0.15) is 0 Å². The molecule has 0 amide bonds. The summed E-state index contributed by atoms with van der Waals surface area (Å²) in [5.41, 5.74) is 2.71. The zero-order valence-electron chi connectivity index (χ0n) is 17.6. The Morgan fingerprint density at radius 1 is 0.406 bits per heavy atom. The summed E-state index contributed by atoms with van der Waals surface area (Å²) in [7, 11) is 0. The molecule has 2 heteroatoms. The molecule has 0 unspecified atom stereocenters. The molecular formula is C30H22Br2. The first-order valence-electron chi connectivity index (χ1n) is 10.7. The number of rotatable bonds is 2. The fourth-order valence-electron chi connectivity index (χ4n) is 4.32. The molecule has 0 fully saturated rings. The fourth-order valence-corrected chi connectivity index (χ4v) is 5.28. The van der Waals surface area contributed by atoms with Gasteiger partial charge in [-0.05, 0) is 72.4 Å². The monoisotopic (exact) mass is 540 g/mol. The van der Waals surface area contributed by atoms with Crippen molar-refractivity contribution >= 4 is 74.9 Å². The second kappa shape index (κ2) is 9.44. The van der Waals surface area contributed by atoms with Crippen LogP contribution in [0.5, 0.6) is 0 Å². The van der Waals surface area contributed by atoms with E-state index < -0.39 is 0 Å². The van der Waals surface area contributed by atoms with Crippen LogP contribution in [0.25, 0.3) is 43.1 Å². The summed E-state index contributed by atoms with van der Waals surface area (Å²) in [6.45, 7) is 0. The molecular weight excluding hydrogens is 520 g/mol. The third-order valence-corrected chi connectivity index (χ3v) is 7.15. The first kappa shape index (κ1) is 21.2. The van der Waals surface area contributed by atoms with Crippen molar-refractivity contribution in [2.24, 2.45) is 0 Å². The van der Waals surface area contributed by atoms with Crippen LogP contribution in [-0.2, 0) is 10.7 Å². The Morgan fingerprint density at radius 3 is 1.44 bits per heavy atom. The van der Waals surface area contributed by atoms with Crippen LogP contribution < -0.4 is 0 Å². The molecule has 6 aromatic carbocycles. The Labute approximate surface area is 205 Å². The molecule has 0 nitrogen and oxygen atoms in total. The van der Waals surface area contributed by atoms with Crippen LogP contribution in [-0.4, -0.2) is 0 Å². The van der Waals surface area contributed by atoms with E-state index in [2.05, 4.69) is 141 Å². The second-order valence-corrected chi connectivity index (χ2v) is 9.07. The van der Waals surface area contributed by atoms with Crippen molar-refractivity contribution in [3.05, 3.63) is 120 Å². The molecule has 0 atom stereocenters. The maximum Gasteiger partial charge on any atom is 0.0295 e. The van der Waals surface area contributed by atoms with Crippen LogP contribution in [0.15, 0.2) is 109 Å². The molecule has 32 heavy (non-hydrogen) atoms. The quantitative estimate of drug-likeness (QED) is 0.151. The third kappa shape index (κ3) is 4.18. The van der Waals surface area contributed by atoms with E-state index in [4.69, 9.17) is 0 Å². The lowest BCUT2D eigenvalue weighted by molar-refractivity contribution is 1.47. The van der Waals surface area contributed by atoms with Gasteiger partial charge in [0.15, 0.2) is 0 Å². The first-order valence-corrected chi connectivity index (χ1v) is 12.9. The number of hydrogen-bond donors (Lipinski definition) is 0. The van der Waals surface area contributed by atoms with Crippen molar-refractivity contribution in [1.82, 2.24) is 0 Å². The van der Waals surface area contributed by atoms with Crippen LogP contribution in [0.4, 0.5) is 0 Å². The van der Waals surface area contributed by atoms with Crippen molar-refractivity contribution in [1.29, 1.82) is 0 Å².